The quantitative estimate of drug-likeness (QED) is 0.852. The molecule has 4 rings (SSSR count). The summed E-state index contributed by atoms with van der Waals surface area (Å²) in [5.41, 5.74) is 0.658. The molecule has 0 aliphatic carbocycles. The van der Waals surface area contributed by atoms with E-state index in [0.717, 1.165) is 32.7 Å². The van der Waals surface area contributed by atoms with E-state index in [0.29, 0.717) is 23.7 Å². The van der Waals surface area contributed by atoms with Gasteiger partial charge in [-0.3, -0.25) is 9.69 Å². The molecule has 0 saturated carbocycles. The number of nitrogens with zero attached hydrogens (tertiary/aromatic N) is 2. The second-order valence-electron chi connectivity index (χ2n) is 6.94. The van der Waals surface area contributed by atoms with Crippen LogP contribution in [0.3, 0.4) is 0 Å². The highest BCUT2D eigenvalue weighted by atomic mass is 19.1. The molecule has 2 aromatic carbocycles. The Morgan fingerprint density at radius 1 is 1.04 bits per heavy atom. The normalized spacial score (nSPS) is 19.3. The highest BCUT2D eigenvalue weighted by Crippen LogP contribution is 2.30. The fraction of sp³-hybridized carbons (Fsp3) is 0.381. The zero-order valence-electron chi connectivity index (χ0n) is 15.6. The van der Waals surface area contributed by atoms with Gasteiger partial charge >= 0.3 is 0 Å². The first-order chi connectivity index (χ1) is 13.7. The van der Waals surface area contributed by atoms with E-state index in [1.165, 1.54) is 6.07 Å². The summed E-state index contributed by atoms with van der Waals surface area (Å²) in [7, 11) is 0. The van der Waals surface area contributed by atoms with E-state index in [2.05, 4.69) is 15.1 Å². The molecule has 2 aliphatic heterocycles. The van der Waals surface area contributed by atoms with Crippen molar-refractivity contribution in [1.82, 2.24) is 10.2 Å². The van der Waals surface area contributed by atoms with E-state index >= 15 is 0 Å². The Balaban J connectivity index is 1.19. The minimum Gasteiger partial charge on any atom is -0.485 e. The summed E-state index contributed by atoms with van der Waals surface area (Å²) in [5, 5.41) is 2.92. The van der Waals surface area contributed by atoms with E-state index in [9.17, 15) is 9.18 Å². The highest BCUT2D eigenvalue weighted by molar-refractivity contribution is 5.81. The third-order valence-electron chi connectivity index (χ3n) is 5.09. The van der Waals surface area contributed by atoms with Crippen LogP contribution in [0.25, 0.3) is 0 Å². The standard InChI is InChI=1S/C21H24FN3O3/c22-16-5-1-2-6-17(16)25-13-11-24(12-14-25)10-9-23-21(26)20-15-27-18-7-3-4-8-19(18)28-20/h1-8,20H,9-15H2,(H,23,26). The molecule has 0 radical (unpaired) electrons. The second-order valence-corrected chi connectivity index (χ2v) is 6.94. The van der Waals surface area contributed by atoms with Crippen molar-refractivity contribution in [3.05, 3.63) is 54.3 Å². The van der Waals surface area contributed by atoms with Gasteiger partial charge in [-0.05, 0) is 24.3 Å². The van der Waals surface area contributed by atoms with Crippen LogP contribution in [0.5, 0.6) is 11.5 Å². The molecular weight excluding hydrogens is 361 g/mol. The zero-order chi connectivity index (χ0) is 19.3. The Hall–Kier alpha value is -2.80. The number of halogens is 1. The van der Waals surface area contributed by atoms with Gasteiger partial charge in [-0.25, -0.2) is 4.39 Å². The number of fused-ring (bicyclic) bond motifs is 1. The van der Waals surface area contributed by atoms with E-state index in [1.807, 2.05) is 30.3 Å². The minimum atomic E-state index is -0.632. The van der Waals surface area contributed by atoms with Gasteiger partial charge in [0.25, 0.3) is 5.91 Å². The maximum atomic E-state index is 13.9. The summed E-state index contributed by atoms with van der Waals surface area (Å²) in [4.78, 5) is 16.7. The molecule has 1 amide bonds. The molecule has 2 aliphatic rings. The van der Waals surface area contributed by atoms with Crippen LogP contribution in [-0.2, 0) is 4.79 Å². The zero-order valence-corrected chi connectivity index (χ0v) is 15.6. The molecule has 1 unspecified atom stereocenters. The number of carbonyl (C=O) groups excluding carboxylic acids is 1. The number of hydrogen-bond acceptors (Lipinski definition) is 5. The first-order valence-electron chi connectivity index (χ1n) is 9.59. The van der Waals surface area contributed by atoms with Crippen LogP contribution in [0.2, 0.25) is 0 Å². The predicted octanol–water partition coefficient (Wildman–Crippen LogP) is 1.90. The summed E-state index contributed by atoms with van der Waals surface area (Å²) < 4.78 is 25.2. The Morgan fingerprint density at radius 3 is 2.54 bits per heavy atom. The molecule has 148 valence electrons. The number of carbonyl (C=O) groups is 1. The minimum absolute atomic E-state index is 0.167. The number of rotatable bonds is 5. The lowest BCUT2D eigenvalue weighted by atomic mass is 10.2. The largest absolute Gasteiger partial charge is 0.485 e. The fourth-order valence-corrected chi connectivity index (χ4v) is 3.52. The maximum absolute atomic E-state index is 13.9. The van der Waals surface area contributed by atoms with Gasteiger partial charge < -0.3 is 19.7 Å². The summed E-state index contributed by atoms with van der Waals surface area (Å²) in [6.07, 6.45) is -0.632. The third kappa shape index (κ3) is 4.20. The Labute approximate surface area is 163 Å². The lowest BCUT2D eigenvalue weighted by Crippen LogP contribution is -2.50. The van der Waals surface area contributed by atoms with Gasteiger partial charge in [0.1, 0.15) is 12.4 Å². The monoisotopic (exact) mass is 385 g/mol. The Morgan fingerprint density at radius 2 is 1.75 bits per heavy atom. The Kier molecular flexibility index (Phi) is 5.62. The first kappa shape index (κ1) is 18.6. The van der Waals surface area contributed by atoms with E-state index in [1.54, 1.807) is 12.1 Å². The number of piperazine rings is 1. The van der Waals surface area contributed by atoms with Crippen molar-refractivity contribution in [2.75, 3.05) is 50.8 Å². The molecule has 1 saturated heterocycles. The molecule has 0 spiro atoms. The molecule has 1 atom stereocenters. The van der Waals surface area contributed by atoms with E-state index in [4.69, 9.17) is 9.47 Å². The highest BCUT2D eigenvalue weighted by Gasteiger charge is 2.27. The van der Waals surface area contributed by atoms with Crippen LogP contribution >= 0.6 is 0 Å². The molecule has 28 heavy (non-hydrogen) atoms. The molecule has 7 heteroatoms. The molecule has 1 fully saturated rings. The number of ether oxygens (including phenoxy) is 2. The third-order valence-corrected chi connectivity index (χ3v) is 5.09. The number of benzene rings is 2. The molecular formula is C21H24FN3O3. The number of hydrogen-bond donors (Lipinski definition) is 1. The van der Waals surface area contributed by atoms with Gasteiger partial charge in [0.05, 0.1) is 5.69 Å². The summed E-state index contributed by atoms with van der Waals surface area (Å²) >= 11 is 0. The molecule has 1 N–H and O–H groups in total. The van der Waals surface area contributed by atoms with Crippen molar-refractivity contribution < 1.29 is 18.7 Å². The number of para-hydroxylation sites is 3. The molecule has 6 nitrogen and oxygen atoms in total. The van der Waals surface area contributed by atoms with Gasteiger partial charge in [-0.2, -0.15) is 0 Å². The lowest BCUT2D eigenvalue weighted by molar-refractivity contribution is -0.130. The van der Waals surface area contributed by atoms with Crippen molar-refractivity contribution >= 4 is 11.6 Å². The molecule has 0 aromatic heterocycles. The van der Waals surface area contributed by atoms with Crippen molar-refractivity contribution in [3.8, 4) is 11.5 Å². The van der Waals surface area contributed by atoms with Crippen LogP contribution in [-0.4, -0.2) is 62.8 Å². The van der Waals surface area contributed by atoms with Crippen LogP contribution in [0.1, 0.15) is 0 Å². The predicted molar refractivity (Wildman–Crippen MR) is 104 cm³/mol. The second kappa shape index (κ2) is 8.48. The number of nitrogens with one attached hydrogen (secondary N) is 1. The fourth-order valence-electron chi connectivity index (χ4n) is 3.52. The van der Waals surface area contributed by atoms with Crippen LogP contribution in [0.15, 0.2) is 48.5 Å². The van der Waals surface area contributed by atoms with Crippen LogP contribution in [0, 0.1) is 5.82 Å². The number of amides is 1. The van der Waals surface area contributed by atoms with Gasteiger partial charge in [0.15, 0.2) is 11.5 Å². The maximum Gasteiger partial charge on any atom is 0.264 e. The van der Waals surface area contributed by atoms with Crippen molar-refractivity contribution in [1.29, 1.82) is 0 Å². The van der Waals surface area contributed by atoms with Gasteiger partial charge in [0, 0.05) is 39.3 Å². The Bertz CT molecular complexity index is 824. The van der Waals surface area contributed by atoms with Gasteiger partial charge in [0.2, 0.25) is 6.10 Å². The van der Waals surface area contributed by atoms with Crippen molar-refractivity contribution in [2.24, 2.45) is 0 Å². The summed E-state index contributed by atoms with van der Waals surface area (Å²) in [6, 6.07) is 14.2. The molecule has 0 bridgehead atoms. The smallest absolute Gasteiger partial charge is 0.264 e. The van der Waals surface area contributed by atoms with E-state index in [-0.39, 0.29) is 18.3 Å². The van der Waals surface area contributed by atoms with Crippen molar-refractivity contribution in [2.45, 2.75) is 6.10 Å². The van der Waals surface area contributed by atoms with Gasteiger partial charge in [-0.15, -0.1) is 0 Å². The van der Waals surface area contributed by atoms with Crippen molar-refractivity contribution in [3.63, 3.8) is 0 Å². The average molecular weight is 385 g/mol. The first-order valence-corrected chi connectivity index (χ1v) is 9.59. The SMILES string of the molecule is O=C(NCCN1CCN(c2ccccc2F)CC1)C1COc2ccccc2O1. The molecule has 2 aromatic rings. The topological polar surface area (TPSA) is 54.0 Å². The van der Waals surface area contributed by atoms with Crippen LogP contribution in [0.4, 0.5) is 10.1 Å². The lowest BCUT2D eigenvalue weighted by Gasteiger charge is -2.36. The van der Waals surface area contributed by atoms with Crippen LogP contribution < -0.4 is 19.7 Å². The van der Waals surface area contributed by atoms with E-state index < -0.39 is 6.10 Å². The summed E-state index contributed by atoms with van der Waals surface area (Å²) in [5.74, 6) is 0.913. The molecule has 2 heterocycles. The average Bonchev–Trinajstić information content (AvgIpc) is 2.74. The summed E-state index contributed by atoms with van der Waals surface area (Å²) in [6.45, 7) is 4.71. The number of anilines is 1. The van der Waals surface area contributed by atoms with Gasteiger partial charge in [-0.1, -0.05) is 24.3 Å².